The van der Waals surface area contributed by atoms with Crippen molar-refractivity contribution in [1.29, 1.82) is 5.26 Å². The Morgan fingerprint density at radius 3 is 2.84 bits per heavy atom. The van der Waals surface area contributed by atoms with Gasteiger partial charge in [-0.1, -0.05) is 12.1 Å². The lowest BCUT2D eigenvalue weighted by molar-refractivity contribution is -0.123. The summed E-state index contributed by atoms with van der Waals surface area (Å²) in [5.41, 5.74) is 1.22. The highest BCUT2D eigenvalue weighted by molar-refractivity contribution is 6.08. The van der Waals surface area contributed by atoms with Crippen LogP contribution in [0.25, 0.3) is 0 Å². The monoisotopic (exact) mass is 335 g/mol. The molecule has 7 heteroatoms. The molecule has 0 bridgehead atoms. The van der Waals surface area contributed by atoms with Crippen molar-refractivity contribution >= 4 is 17.6 Å². The van der Waals surface area contributed by atoms with Crippen molar-refractivity contribution < 1.29 is 9.59 Å². The zero-order chi connectivity index (χ0) is 17.6. The first-order valence-corrected chi connectivity index (χ1v) is 8.03. The third kappa shape index (κ3) is 4.18. The number of carbonyl (C=O) groups is 2. The minimum absolute atomic E-state index is 0.0690. The van der Waals surface area contributed by atoms with Crippen LogP contribution >= 0.6 is 0 Å². The number of aromatic nitrogens is 2. The first-order chi connectivity index (χ1) is 12.2. The Bertz CT molecular complexity index is 826. The van der Waals surface area contributed by atoms with Gasteiger partial charge in [-0.3, -0.25) is 9.59 Å². The molecule has 1 saturated heterocycles. The summed E-state index contributed by atoms with van der Waals surface area (Å²) in [6.07, 6.45) is 4.35. The normalized spacial score (nSPS) is 16.6. The molecule has 1 unspecified atom stereocenters. The van der Waals surface area contributed by atoms with E-state index in [0.29, 0.717) is 42.1 Å². The number of hydrogen-bond donors (Lipinski definition) is 2. The van der Waals surface area contributed by atoms with Crippen LogP contribution in [0, 0.1) is 17.2 Å². The Balaban J connectivity index is 1.62. The van der Waals surface area contributed by atoms with Crippen LogP contribution in [0.2, 0.25) is 0 Å². The van der Waals surface area contributed by atoms with E-state index >= 15 is 0 Å². The molecule has 1 aliphatic rings. The quantitative estimate of drug-likeness (QED) is 0.802. The lowest BCUT2D eigenvalue weighted by atomic mass is 9.98. The van der Waals surface area contributed by atoms with Crippen molar-refractivity contribution in [2.75, 3.05) is 18.4 Å². The fourth-order valence-corrected chi connectivity index (χ4v) is 2.70. The summed E-state index contributed by atoms with van der Waals surface area (Å²) in [5, 5.41) is 14.8. The molecule has 2 N–H and O–H groups in total. The minimum Gasteiger partial charge on any atom is -0.356 e. The van der Waals surface area contributed by atoms with Crippen molar-refractivity contribution in [2.24, 2.45) is 5.92 Å². The number of piperidine rings is 1. The van der Waals surface area contributed by atoms with E-state index in [1.807, 2.05) is 6.07 Å². The summed E-state index contributed by atoms with van der Waals surface area (Å²) in [5.74, 6) is 0.521. The molecule has 126 valence electrons. The maximum atomic E-state index is 12.4. The summed E-state index contributed by atoms with van der Waals surface area (Å²) in [4.78, 5) is 32.1. The summed E-state index contributed by atoms with van der Waals surface area (Å²) in [7, 11) is 0. The molecule has 0 radical (unpaired) electrons. The largest absolute Gasteiger partial charge is 0.356 e. The molecule has 0 saturated carbocycles. The van der Waals surface area contributed by atoms with E-state index in [1.165, 1.54) is 12.4 Å². The number of ketones is 1. The standard InChI is InChI=1S/C18H17N5O2/c19-8-12-2-1-3-14(6-12)17(25)15-10-22-18(23-11-15)21-9-13-4-5-20-16(24)7-13/h1-3,6,10-11,13H,4-5,7,9H2,(H,20,24)(H,21,22,23). The molecule has 1 amide bonds. The van der Waals surface area contributed by atoms with E-state index in [1.54, 1.807) is 24.3 Å². The van der Waals surface area contributed by atoms with Gasteiger partial charge >= 0.3 is 0 Å². The summed E-state index contributed by atoms with van der Waals surface area (Å²) < 4.78 is 0. The molecule has 25 heavy (non-hydrogen) atoms. The zero-order valence-corrected chi connectivity index (χ0v) is 13.5. The van der Waals surface area contributed by atoms with E-state index < -0.39 is 0 Å². The van der Waals surface area contributed by atoms with E-state index in [2.05, 4.69) is 20.6 Å². The SMILES string of the molecule is N#Cc1cccc(C(=O)c2cnc(NCC3CCNC(=O)C3)nc2)c1. The van der Waals surface area contributed by atoms with Gasteiger partial charge in [0.2, 0.25) is 11.9 Å². The van der Waals surface area contributed by atoms with E-state index in [-0.39, 0.29) is 17.6 Å². The first-order valence-electron chi connectivity index (χ1n) is 8.03. The number of nitrogens with zero attached hydrogens (tertiary/aromatic N) is 3. The minimum atomic E-state index is -0.229. The summed E-state index contributed by atoms with van der Waals surface area (Å²) in [6.45, 7) is 1.31. The number of nitrogens with one attached hydrogen (secondary N) is 2. The fraction of sp³-hybridized carbons (Fsp3) is 0.278. The molecule has 1 aliphatic heterocycles. The molecule has 0 aliphatic carbocycles. The molecule has 3 rings (SSSR count). The van der Waals surface area contributed by atoms with Crippen LogP contribution in [0.4, 0.5) is 5.95 Å². The molecular weight excluding hydrogens is 318 g/mol. The van der Waals surface area contributed by atoms with Crippen molar-refractivity contribution in [1.82, 2.24) is 15.3 Å². The van der Waals surface area contributed by atoms with E-state index in [4.69, 9.17) is 5.26 Å². The van der Waals surface area contributed by atoms with Crippen LogP contribution in [0.1, 0.15) is 34.3 Å². The number of hydrogen-bond acceptors (Lipinski definition) is 6. The molecule has 2 aromatic rings. The van der Waals surface area contributed by atoms with Gasteiger partial charge < -0.3 is 10.6 Å². The average Bonchev–Trinajstić information content (AvgIpc) is 2.66. The Labute approximate surface area is 145 Å². The second kappa shape index (κ2) is 7.53. The van der Waals surface area contributed by atoms with Gasteiger partial charge in [0.1, 0.15) is 0 Å². The highest BCUT2D eigenvalue weighted by Gasteiger charge is 2.19. The van der Waals surface area contributed by atoms with Gasteiger partial charge in [0.15, 0.2) is 5.78 Å². The van der Waals surface area contributed by atoms with Gasteiger partial charge in [-0.15, -0.1) is 0 Å². The molecule has 1 fully saturated rings. The van der Waals surface area contributed by atoms with Gasteiger partial charge in [-0.05, 0) is 24.5 Å². The maximum absolute atomic E-state index is 12.4. The lowest BCUT2D eigenvalue weighted by Gasteiger charge is -2.22. The van der Waals surface area contributed by atoms with Gasteiger partial charge in [0, 0.05) is 37.5 Å². The number of rotatable bonds is 5. The second-order valence-electron chi connectivity index (χ2n) is 5.91. The number of nitriles is 1. The maximum Gasteiger partial charge on any atom is 0.222 e. The average molecular weight is 335 g/mol. The zero-order valence-electron chi connectivity index (χ0n) is 13.5. The summed E-state index contributed by atoms with van der Waals surface area (Å²) >= 11 is 0. The number of anilines is 1. The van der Waals surface area contributed by atoms with Crippen LogP contribution in [-0.4, -0.2) is 34.7 Å². The van der Waals surface area contributed by atoms with Crippen LogP contribution in [-0.2, 0) is 4.79 Å². The third-order valence-corrected chi connectivity index (χ3v) is 4.07. The number of benzene rings is 1. The third-order valence-electron chi connectivity index (χ3n) is 4.07. The first kappa shape index (κ1) is 16.6. The number of carbonyl (C=O) groups excluding carboxylic acids is 2. The van der Waals surface area contributed by atoms with Crippen molar-refractivity contribution in [3.05, 3.63) is 53.3 Å². The van der Waals surface area contributed by atoms with E-state index in [0.717, 1.165) is 6.42 Å². The van der Waals surface area contributed by atoms with Gasteiger partial charge in [0.05, 0.1) is 17.2 Å². The Morgan fingerprint density at radius 2 is 2.12 bits per heavy atom. The van der Waals surface area contributed by atoms with Crippen LogP contribution in [0.3, 0.4) is 0 Å². The van der Waals surface area contributed by atoms with Gasteiger partial charge in [-0.2, -0.15) is 5.26 Å². The summed E-state index contributed by atoms with van der Waals surface area (Å²) in [6, 6.07) is 8.53. The molecule has 2 heterocycles. The fourth-order valence-electron chi connectivity index (χ4n) is 2.70. The Hall–Kier alpha value is -3.27. The molecule has 1 aromatic carbocycles. The van der Waals surface area contributed by atoms with Crippen LogP contribution in [0.15, 0.2) is 36.7 Å². The predicted octanol–water partition coefficient (Wildman–Crippen LogP) is 1.52. The molecular formula is C18H17N5O2. The van der Waals surface area contributed by atoms with Gasteiger partial charge in [-0.25, -0.2) is 9.97 Å². The molecule has 1 aromatic heterocycles. The Morgan fingerprint density at radius 1 is 1.32 bits per heavy atom. The van der Waals surface area contributed by atoms with Crippen LogP contribution in [0.5, 0.6) is 0 Å². The van der Waals surface area contributed by atoms with Gasteiger partial charge in [0.25, 0.3) is 0 Å². The molecule has 0 spiro atoms. The van der Waals surface area contributed by atoms with Crippen molar-refractivity contribution in [3.63, 3.8) is 0 Å². The van der Waals surface area contributed by atoms with Crippen LogP contribution < -0.4 is 10.6 Å². The van der Waals surface area contributed by atoms with E-state index in [9.17, 15) is 9.59 Å². The molecule has 1 atom stereocenters. The smallest absolute Gasteiger partial charge is 0.222 e. The second-order valence-corrected chi connectivity index (χ2v) is 5.91. The van der Waals surface area contributed by atoms with Crippen molar-refractivity contribution in [2.45, 2.75) is 12.8 Å². The highest BCUT2D eigenvalue weighted by atomic mass is 16.1. The lowest BCUT2D eigenvalue weighted by Crippen LogP contribution is -2.36. The highest BCUT2D eigenvalue weighted by Crippen LogP contribution is 2.14. The predicted molar refractivity (Wildman–Crippen MR) is 90.8 cm³/mol. The molecule has 7 nitrogen and oxygen atoms in total. The number of amides is 1. The van der Waals surface area contributed by atoms with Crippen molar-refractivity contribution in [3.8, 4) is 6.07 Å². The topological polar surface area (TPSA) is 108 Å². The Kier molecular flexibility index (Phi) is 5.00.